The van der Waals surface area contributed by atoms with Gasteiger partial charge in [-0.05, 0) is 24.6 Å². The highest BCUT2D eigenvalue weighted by Crippen LogP contribution is 2.16. The van der Waals surface area contributed by atoms with Crippen LogP contribution in [0.1, 0.15) is 15.9 Å². The zero-order chi connectivity index (χ0) is 13.3. The molecule has 0 radical (unpaired) electrons. The van der Waals surface area contributed by atoms with E-state index >= 15 is 0 Å². The molecule has 0 unspecified atom stereocenters. The molecule has 1 aromatic rings. The van der Waals surface area contributed by atoms with E-state index in [0.717, 1.165) is 0 Å². The zero-order valence-corrected chi connectivity index (χ0v) is 10.8. The number of hydrogen-bond acceptors (Lipinski definition) is 4. The molecule has 4 N–H and O–H groups in total. The molecule has 1 aliphatic rings. The minimum absolute atomic E-state index is 0.0637. The molecule has 1 saturated heterocycles. The topological polar surface area (TPSA) is 101 Å². The molecule has 1 heterocycles. The largest absolute Gasteiger partial charge is 0.366 e. The lowest BCUT2D eigenvalue weighted by Crippen LogP contribution is -2.56. The number of carbonyl (C=O) groups is 1. The SMILES string of the molecule is Cc1ccc(S(=O)(=O)NC2CNC2)cc1C(N)=O. The standard InChI is InChI=1S/C11H15N3O3S/c1-7-2-3-9(4-10(7)11(12)15)18(16,17)14-8-5-13-6-8/h2-4,8,13-14H,5-6H2,1H3,(H2,12,15). The predicted molar refractivity (Wildman–Crippen MR) is 66.7 cm³/mol. The number of rotatable bonds is 4. The first-order valence-electron chi connectivity index (χ1n) is 5.53. The monoisotopic (exact) mass is 269 g/mol. The molecule has 0 saturated carbocycles. The fraction of sp³-hybridized carbons (Fsp3) is 0.364. The second-order valence-electron chi connectivity index (χ2n) is 4.32. The van der Waals surface area contributed by atoms with Crippen LogP contribution in [-0.2, 0) is 10.0 Å². The highest BCUT2D eigenvalue weighted by molar-refractivity contribution is 7.89. The van der Waals surface area contributed by atoms with E-state index < -0.39 is 15.9 Å². The fourth-order valence-corrected chi connectivity index (χ4v) is 2.95. The van der Waals surface area contributed by atoms with E-state index in [1.807, 2.05) is 0 Å². The van der Waals surface area contributed by atoms with Gasteiger partial charge in [0, 0.05) is 24.7 Å². The Labute approximate surface area is 106 Å². The number of carbonyl (C=O) groups excluding carboxylic acids is 1. The second kappa shape index (κ2) is 4.68. The lowest BCUT2D eigenvalue weighted by molar-refractivity contribution is 0.0999. The Morgan fingerprint density at radius 3 is 2.61 bits per heavy atom. The third-order valence-corrected chi connectivity index (χ3v) is 4.41. The maximum absolute atomic E-state index is 12.0. The quantitative estimate of drug-likeness (QED) is 0.675. The minimum Gasteiger partial charge on any atom is -0.366 e. The summed E-state index contributed by atoms with van der Waals surface area (Å²) in [6.45, 7) is 2.95. The number of nitrogens with two attached hydrogens (primary N) is 1. The smallest absolute Gasteiger partial charge is 0.249 e. The van der Waals surface area contributed by atoms with Crippen LogP contribution >= 0.6 is 0 Å². The first-order chi connectivity index (χ1) is 8.40. The fourth-order valence-electron chi connectivity index (χ4n) is 1.69. The summed E-state index contributed by atoms with van der Waals surface area (Å²) >= 11 is 0. The number of nitrogens with one attached hydrogen (secondary N) is 2. The van der Waals surface area contributed by atoms with E-state index in [4.69, 9.17) is 5.73 Å². The number of hydrogen-bond donors (Lipinski definition) is 3. The van der Waals surface area contributed by atoms with E-state index in [1.54, 1.807) is 13.0 Å². The first kappa shape index (κ1) is 13.0. The maximum atomic E-state index is 12.0. The van der Waals surface area contributed by atoms with Crippen LogP contribution in [0.5, 0.6) is 0 Å². The van der Waals surface area contributed by atoms with Gasteiger partial charge in [0.05, 0.1) is 4.90 Å². The minimum atomic E-state index is -3.59. The van der Waals surface area contributed by atoms with Crippen LogP contribution in [-0.4, -0.2) is 33.5 Å². The summed E-state index contributed by atoms with van der Waals surface area (Å²) < 4.78 is 26.6. The van der Waals surface area contributed by atoms with Crippen LogP contribution in [0.25, 0.3) is 0 Å². The van der Waals surface area contributed by atoms with Crippen molar-refractivity contribution in [2.45, 2.75) is 17.9 Å². The molecule has 18 heavy (non-hydrogen) atoms. The third-order valence-electron chi connectivity index (χ3n) is 2.89. The molecule has 0 aliphatic carbocycles. The number of amides is 1. The summed E-state index contributed by atoms with van der Waals surface area (Å²) in [4.78, 5) is 11.3. The van der Waals surface area contributed by atoms with Crippen molar-refractivity contribution in [1.82, 2.24) is 10.0 Å². The van der Waals surface area contributed by atoms with Gasteiger partial charge in [-0.1, -0.05) is 6.07 Å². The highest BCUT2D eigenvalue weighted by atomic mass is 32.2. The highest BCUT2D eigenvalue weighted by Gasteiger charge is 2.25. The zero-order valence-electron chi connectivity index (χ0n) is 9.93. The Morgan fingerprint density at radius 1 is 1.44 bits per heavy atom. The molecule has 1 amide bonds. The lowest BCUT2D eigenvalue weighted by atomic mass is 10.1. The van der Waals surface area contributed by atoms with Crippen molar-refractivity contribution in [3.8, 4) is 0 Å². The molecule has 1 aromatic carbocycles. The van der Waals surface area contributed by atoms with Crippen LogP contribution in [0.2, 0.25) is 0 Å². The molecule has 0 spiro atoms. The molecule has 0 bridgehead atoms. The van der Waals surface area contributed by atoms with Crippen LogP contribution in [0, 0.1) is 6.92 Å². The van der Waals surface area contributed by atoms with Gasteiger partial charge in [-0.25, -0.2) is 13.1 Å². The van der Waals surface area contributed by atoms with Gasteiger partial charge >= 0.3 is 0 Å². The van der Waals surface area contributed by atoms with Gasteiger partial charge in [-0.3, -0.25) is 4.79 Å². The van der Waals surface area contributed by atoms with Gasteiger partial charge in [0.1, 0.15) is 0 Å². The predicted octanol–water partition coefficient (Wildman–Crippen LogP) is -0.656. The molecular formula is C11H15N3O3S. The Bertz CT molecular complexity index is 579. The number of sulfonamides is 1. The van der Waals surface area contributed by atoms with E-state index in [-0.39, 0.29) is 16.5 Å². The van der Waals surface area contributed by atoms with Crippen LogP contribution in [0.3, 0.4) is 0 Å². The van der Waals surface area contributed by atoms with Crippen molar-refractivity contribution in [3.05, 3.63) is 29.3 Å². The van der Waals surface area contributed by atoms with Crippen molar-refractivity contribution in [2.75, 3.05) is 13.1 Å². The van der Waals surface area contributed by atoms with Crippen molar-refractivity contribution in [1.29, 1.82) is 0 Å². The van der Waals surface area contributed by atoms with E-state index in [9.17, 15) is 13.2 Å². The molecule has 1 aliphatic heterocycles. The molecule has 0 aromatic heterocycles. The maximum Gasteiger partial charge on any atom is 0.249 e. The first-order valence-corrected chi connectivity index (χ1v) is 7.02. The Morgan fingerprint density at radius 2 is 2.11 bits per heavy atom. The normalized spacial score (nSPS) is 16.3. The molecular weight excluding hydrogens is 254 g/mol. The Balaban J connectivity index is 2.32. The molecule has 0 atom stereocenters. The summed E-state index contributed by atoms with van der Waals surface area (Å²) in [6, 6.07) is 4.27. The summed E-state index contributed by atoms with van der Waals surface area (Å²) in [7, 11) is -3.59. The van der Waals surface area contributed by atoms with Gasteiger partial charge in [0.15, 0.2) is 0 Å². The van der Waals surface area contributed by atoms with E-state index in [0.29, 0.717) is 18.7 Å². The van der Waals surface area contributed by atoms with Crippen molar-refractivity contribution < 1.29 is 13.2 Å². The van der Waals surface area contributed by atoms with Crippen molar-refractivity contribution in [3.63, 3.8) is 0 Å². The summed E-state index contributed by atoms with van der Waals surface area (Å²) in [5.41, 5.74) is 6.09. The average Bonchev–Trinajstić information content (AvgIpc) is 2.23. The van der Waals surface area contributed by atoms with Crippen LogP contribution in [0.15, 0.2) is 23.1 Å². The summed E-state index contributed by atoms with van der Waals surface area (Å²) in [6.07, 6.45) is 0. The van der Waals surface area contributed by atoms with E-state index in [1.165, 1.54) is 12.1 Å². The van der Waals surface area contributed by atoms with Gasteiger partial charge in [-0.15, -0.1) is 0 Å². The molecule has 7 heteroatoms. The number of aryl methyl sites for hydroxylation is 1. The molecule has 6 nitrogen and oxygen atoms in total. The lowest BCUT2D eigenvalue weighted by Gasteiger charge is -2.27. The Hall–Kier alpha value is -1.44. The summed E-state index contributed by atoms with van der Waals surface area (Å²) in [5, 5.41) is 2.97. The van der Waals surface area contributed by atoms with Crippen LogP contribution in [0.4, 0.5) is 0 Å². The number of benzene rings is 1. The van der Waals surface area contributed by atoms with Gasteiger partial charge < -0.3 is 11.1 Å². The number of primary amides is 1. The second-order valence-corrected chi connectivity index (χ2v) is 6.03. The summed E-state index contributed by atoms with van der Waals surface area (Å²) in [5.74, 6) is -0.630. The third kappa shape index (κ3) is 2.53. The van der Waals surface area contributed by atoms with Gasteiger partial charge in [0.2, 0.25) is 15.9 Å². The van der Waals surface area contributed by atoms with Crippen molar-refractivity contribution >= 4 is 15.9 Å². The Kier molecular flexibility index (Phi) is 3.38. The average molecular weight is 269 g/mol. The molecule has 98 valence electrons. The molecule has 2 rings (SSSR count). The van der Waals surface area contributed by atoms with E-state index in [2.05, 4.69) is 10.0 Å². The van der Waals surface area contributed by atoms with Crippen LogP contribution < -0.4 is 15.8 Å². The van der Waals surface area contributed by atoms with Crippen molar-refractivity contribution in [2.24, 2.45) is 5.73 Å². The van der Waals surface area contributed by atoms with Gasteiger partial charge in [0.25, 0.3) is 0 Å². The molecule has 1 fully saturated rings. The van der Waals surface area contributed by atoms with Gasteiger partial charge in [-0.2, -0.15) is 0 Å².